The summed E-state index contributed by atoms with van der Waals surface area (Å²) in [5, 5.41) is 1.10. The molecule has 24 heavy (non-hydrogen) atoms. The van der Waals surface area contributed by atoms with Gasteiger partial charge in [-0.2, -0.15) is 13.2 Å². The first-order valence-electron chi connectivity index (χ1n) is 6.64. The summed E-state index contributed by atoms with van der Waals surface area (Å²) in [6.45, 7) is 1.10. The Bertz CT molecular complexity index is 743. The van der Waals surface area contributed by atoms with Crippen molar-refractivity contribution in [2.24, 2.45) is 0 Å². The molecule has 0 aliphatic rings. The molecule has 0 unspecified atom stereocenters. The summed E-state index contributed by atoms with van der Waals surface area (Å²) in [5.74, 6) is -1.55. The van der Waals surface area contributed by atoms with E-state index in [-0.39, 0.29) is 11.3 Å². The Labute approximate surface area is 140 Å². The number of hydroxylamine groups is 1. The van der Waals surface area contributed by atoms with Gasteiger partial charge in [-0.3, -0.25) is 4.79 Å². The SMILES string of the molecule is CC(=O)ON(C(=O)c1ccc(C(F)(F)F)cc1)c1ccc(Cl)cc1. The average molecular weight is 358 g/mol. The van der Waals surface area contributed by atoms with E-state index in [2.05, 4.69) is 0 Å². The summed E-state index contributed by atoms with van der Waals surface area (Å²) in [4.78, 5) is 28.6. The van der Waals surface area contributed by atoms with Crippen molar-refractivity contribution in [1.82, 2.24) is 0 Å². The lowest BCUT2D eigenvalue weighted by Gasteiger charge is -2.20. The number of amides is 1. The lowest BCUT2D eigenvalue weighted by Crippen LogP contribution is -2.33. The van der Waals surface area contributed by atoms with Crippen LogP contribution in [0.15, 0.2) is 48.5 Å². The van der Waals surface area contributed by atoms with Gasteiger partial charge in [0.2, 0.25) is 0 Å². The molecule has 0 atom stereocenters. The van der Waals surface area contributed by atoms with Crippen molar-refractivity contribution in [1.29, 1.82) is 0 Å². The molecule has 0 saturated heterocycles. The van der Waals surface area contributed by atoms with E-state index < -0.39 is 23.6 Å². The number of nitrogens with zero attached hydrogens (tertiary/aromatic N) is 1. The second-order valence-corrected chi connectivity index (χ2v) is 5.17. The van der Waals surface area contributed by atoms with E-state index in [1.807, 2.05) is 0 Å². The van der Waals surface area contributed by atoms with Crippen molar-refractivity contribution >= 4 is 29.2 Å². The first kappa shape index (κ1) is 17.8. The summed E-state index contributed by atoms with van der Waals surface area (Å²) in [6, 6.07) is 9.42. The predicted molar refractivity (Wildman–Crippen MR) is 81.5 cm³/mol. The molecule has 0 N–H and O–H groups in total. The van der Waals surface area contributed by atoms with Gasteiger partial charge in [-0.15, -0.1) is 5.06 Å². The molecular weight excluding hydrogens is 347 g/mol. The lowest BCUT2D eigenvalue weighted by molar-refractivity contribution is -0.141. The topological polar surface area (TPSA) is 46.6 Å². The first-order valence-corrected chi connectivity index (χ1v) is 7.02. The number of hydrogen-bond acceptors (Lipinski definition) is 3. The number of halogens is 4. The molecule has 0 aliphatic heterocycles. The molecule has 0 aliphatic carbocycles. The van der Waals surface area contributed by atoms with Crippen molar-refractivity contribution in [2.75, 3.05) is 5.06 Å². The van der Waals surface area contributed by atoms with Gasteiger partial charge in [0, 0.05) is 17.5 Å². The fourth-order valence-electron chi connectivity index (χ4n) is 1.84. The minimum Gasteiger partial charge on any atom is -0.333 e. The van der Waals surface area contributed by atoms with Crippen LogP contribution in [0.25, 0.3) is 0 Å². The molecule has 0 fully saturated rings. The highest BCUT2D eigenvalue weighted by molar-refractivity contribution is 6.30. The zero-order valence-corrected chi connectivity index (χ0v) is 13.1. The van der Waals surface area contributed by atoms with Crippen LogP contribution in [-0.2, 0) is 15.8 Å². The zero-order valence-electron chi connectivity index (χ0n) is 12.3. The Morgan fingerprint density at radius 3 is 2.00 bits per heavy atom. The molecule has 0 radical (unpaired) electrons. The van der Waals surface area contributed by atoms with Crippen LogP contribution in [0.5, 0.6) is 0 Å². The highest BCUT2D eigenvalue weighted by atomic mass is 35.5. The number of carbonyl (C=O) groups is 2. The van der Waals surface area contributed by atoms with E-state index in [9.17, 15) is 22.8 Å². The second-order valence-electron chi connectivity index (χ2n) is 4.73. The minimum atomic E-state index is -4.51. The molecule has 4 nitrogen and oxygen atoms in total. The number of benzene rings is 2. The number of hydrogen-bond donors (Lipinski definition) is 0. The van der Waals surface area contributed by atoms with Crippen LogP contribution >= 0.6 is 11.6 Å². The molecule has 2 rings (SSSR count). The molecule has 2 aromatic rings. The lowest BCUT2D eigenvalue weighted by atomic mass is 10.1. The maximum absolute atomic E-state index is 12.6. The van der Waals surface area contributed by atoms with Gasteiger partial charge >= 0.3 is 12.1 Å². The van der Waals surface area contributed by atoms with E-state index in [1.165, 1.54) is 24.3 Å². The maximum atomic E-state index is 12.6. The summed E-state index contributed by atoms with van der Waals surface area (Å²) in [5.41, 5.74) is -0.747. The summed E-state index contributed by atoms with van der Waals surface area (Å²) >= 11 is 5.76. The average Bonchev–Trinajstić information content (AvgIpc) is 2.52. The summed E-state index contributed by atoms with van der Waals surface area (Å²) < 4.78 is 37.7. The minimum absolute atomic E-state index is 0.0702. The van der Waals surface area contributed by atoms with Crippen LogP contribution in [0, 0.1) is 0 Å². The van der Waals surface area contributed by atoms with Gasteiger partial charge in [0.05, 0.1) is 11.3 Å². The molecule has 2 aromatic carbocycles. The van der Waals surface area contributed by atoms with Crippen molar-refractivity contribution in [2.45, 2.75) is 13.1 Å². The van der Waals surface area contributed by atoms with E-state index in [4.69, 9.17) is 16.4 Å². The predicted octanol–water partition coefficient (Wildman–Crippen LogP) is 4.48. The van der Waals surface area contributed by atoms with Crippen molar-refractivity contribution in [3.8, 4) is 0 Å². The number of rotatable bonds is 2. The van der Waals surface area contributed by atoms with Gasteiger partial charge in [0.25, 0.3) is 5.91 Å². The molecular formula is C16H11ClF3NO3. The molecule has 1 amide bonds. The van der Waals surface area contributed by atoms with E-state index in [0.717, 1.165) is 31.2 Å². The third kappa shape index (κ3) is 4.26. The fourth-order valence-corrected chi connectivity index (χ4v) is 1.96. The zero-order chi connectivity index (χ0) is 17.9. The Balaban J connectivity index is 2.34. The van der Waals surface area contributed by atoms with Crippen molar-refractivity contribution in [3.63, 3.8) is 0 Å². The molecule has 0 spiro atoms. The molecule has 0 aromatic heterocycles. The van der Waals surface area contributed by atoms with Crippen LogP contribution in [-0.4, -0.2) is 11.9 Å². The summed E-state index contributed by atoms with van der Waals surface area (Å²) in [6.07, 6.45) is -4.51. The monoisotopic (exact) mass is 357 g/mol. The largest absolute Gasteiger partial charge is 0.416 e. The van der Waals surface area contributed by atoms with Gasteiger partial charge in [-0.1, -0.05) is 11.6 Å². The van der Waals surface area contributed by atoms with Crippen molar-refractivity contribution < 1.29 is 27.6 Å². The van der Waals surface area contributed by atoms with E-state index in [0.29, 0.717) is 10.1 Å². The Morgan fingerprint density at radius 1 is 1.00 bits per heavy atom. The van der Waals surface area contributed by atoms with Crippen LogP contribution in [0.2, 0.25) is 5.02 Å². The van der Waals surface area contributed by atoms with Gasteiger partial charge in [-0.25, -0.2) is 4.79 Å². The molecule has 126 valence electrons. The van der Waals surface area contributed by atoms with Gasteiger partial charge < -0.3 is 4.84 Å². The number of alkyl halides is 3. The van der Waals surface area contributed by atoms with Gasteiger partial charge in [0.1, 0.15) is 0 Å². The Morgan fingerprint density at radius 2 is 1.54 bits per heavy atom. The second kappa shape index (κ2) is 6.92. The van der Waals surface area contributed by atoms with Crippen molar-refractivity contribution in [3.05, 3.63) is 64.7 Å². The standard InChI is InChI=1S/C16H11ClF3NO3/c1-10(22)24-21(14-8-6-13(17)7-9-14)15(23)11-2-4-12(5-3-11)16(18,19)20/h2-9H,1H3. The highest BCUT2D eigenvalue weighted by Crippen LogP contribution is 2.29. The molecule has 0 saturated carbocycles. The fraction of sp³-hybridized carbons (Fsp3) is 0.125. The van der Waals surface area contributed by atoms with Crippen LogP contribution in [0.3, 0.4) is 0 Å². The van der Waals surface area contributed by atoms with Gasteiger partial charge in [0.15, 0.2) is 0 Å². The molecule has 0 bridgehead atoms. The molecule has 0 heterocycles. The normalized spacial score (nSPS) is 11.0. The number of anilines is 1. The summed E-state index contributed by atoms with van der Waals surface area (Å²) in [7, 11) is 0. The van der Waals surface area contributed by atoms with Crippen LogP contribution < -0.4 is 5.06 Å². The maximum Gasteiger partial charge on any atom is 0.416 e. The Hall–Kier alpha value is -2.54. The highest BCUT2D eigenvalue weighted by Gasteiger charge is 2.30. The first-order chi connectivity index (χ1) is 11.2. The third-order valence-electron chi connectivity index (χ3n) is 2.92. The van der Waals surface area contributed by atoms with Gasteiger partial charge in [-0.05, 0) is 48.5 Å². The quantitative estimate of drug-likeness (QED) is 0.744. The smallest absolute Gasteiger partial charge is 0.333 e. The van der Waals surface area contributed by atoms with Crippen LogP contribution in [0.1, 0.15) is 22.8 Å². The third-order valence-corrected chi connectivity index (χ3v) is 3.18. The Kier molecular flexibility index (Phi) is 5.14. The van der Waals surface area contributed by atoms with E-state index >= 15 is 0 Å². The molecule has 8 heteroatoms. The van der Waals surface area contributed by atoms with Crippen LogP contribution in [0.4, 0.5) is 18.9 Å². The number of carbonyl (C=O) groups excluding carboxylic acids is 2. The van der Waals surface area contributed by atoms with E-state index in [1.54, 1.807) is 0 Å².